The van der Waals surface area contributed by atoms with Crippen molar-refractivity contribution in [1.82, 2.24) is 14.9 Å². The molecule has 0 saturated carbocycles. The number of benzene rings is 2. The lowest BCUT2D eigenvalue weighted by molar-refractivity contribution is 0.188. The van der Waals surface area contributed by atoms with E-state index in [1.807, 2.05) is 48.5 Å². The van der Waals surface area contributed by atoms with E-state index in [1.165, 1.54) is 0 Å². The third-order valence-electron chi connectivity index (χ3n) is 5.16. The van der Waals surface area contributed by atoms with Gasteiger partial charge in [-0.3, -0.25) is 4.90 Å². The van der Waals surface area contributed by atoms with Gasteiger partial charge in [-0.1, -0.05) is 30.3 Å². The fourth-order valence-electron chi connectivity index (χ4n) is 3.48. The first-order valence-corrected chi connectivity index (χ1v) is 9.99. The molecule has 29 heavy (non-hydrogen) atoms. The molecule has 0 aliphatic carbocycles. The molecular weight excluding hydrogens is 364 g/mol. The number of piperazine rings is 1. The number of rotatable bonds is 7. The maximum Gasteiger partial charge on any atom is 0.132 e. The smallest absolute Gasteiger partial charge is 0.132 e. The van der Waals surface area contributed by atoms with Crippen molar-refractivity contribution >= 4 is 5.82 Å². The fourth-order valence-corrected chi connectivity index (χ4v) is 3.48. The molecule has 0 bridgehead atoms. The van der Waals surface area contributed by atoms with Gasteiger partial charge >= 0.3 is 0 Å². The molecule has 0 amide bonds. The summed E-state index contributed by atoms with van der Waals surface area (Å²) in [4.78, 5) is 13.5. The predicted octanol–water partition coefficient (Wildman–Crippen LogP) is 2.84. The zero-order valence-corrected chi connectivity index (χ0v) is 16.4. The summed E-state index contributed by atoms with van der Waals surface area (Å²) >= 11 is 0. The van der Waals surface area contributed by atoms with Crippen LogP contribution in [0.2, 0.25) is 0 Å². The molecule has 1 aliphatic heterocycles. The van der Waals surface area contributed by atoms with Crippen molar-refractivity contribution in [2.75, 3.05) is 44.2 Å². The first-order chi connectivity index (χ1) is 14.3. The van der Waals surface area contributed by atoms with E-state index in [-0.39, 0.29) is 6.61 Å². The molecule has 0 unspecified atom stereocenters. The Labute approximate surface area is 171 Å². The van der Waals surface area contributed by atoms with Crippen LogP contribution in [-0.2, 0) is 6.61 Å². The van der Waals surface area contributed by atoms with Gasteiger partial charge in [0.25, 0.3) is 0 Å². The van der Waals surface area contributed by atoms with Crippen LogP contribution in [0.1, 0.15) is 5.56 Å². The van der Waals surface area contributed by atoms with Gasteiger partial charge in [-0.15, -0.1) is 0 Å². The zero-order valence-electron chi connectivity index (χ0n) is 16.4. The molecule has 1 aliphatic rings. The summed E-state index contributed by atoms with van der Waals surface area (Å²) in [6, 6.07) is 20.2. The number of hydrogen-bond acceptors (Lipinski definition) is 6. The van der Waals surface area contributed by atoms with Crippen molar-refractivity contribution in [1.29, 1.82) is 0 Å². The Kier molecular flexibility index (Phi) is 6.34. The average Bonchev–Trinajstić information content (AvgIpc) is 2.80. The Balaban J connectivity index is 1.39. The summed E-state index contributed by atoms with van der Waals surface area (Å²) < 4.78 is 5.87. The van der Waals surface area contributed by atoms with Gasteiger partial charge < -0.3 is 14.7 Å². The quantitative estimate of drug-likeness (QED) is 0.669. The highest BCUT2D eigenvalue weighted by Crippen LogP contribution is 2.24. The standard InChI is InChI=1S/C23H26N4O2/c28-15-14-26-10-12-27(13-11-26)23-16-22(24-18-25-23)20-6-8-21(9-7-20)29-17-19-4-2-1-3-5-19/h1-9,16,18,28H,10-15,17H2. The summed E-state index contributed by atoms with van der Waals surface area (Å²) in [7, 11) is 0. The van der Waals surface area contributed by atoms with Crippen LogP contribution in [0.15, 0.2) is 67.0 Å². The van der Waals surface area contributed by atoms with Crippen LogP contribution in [0, 0.1) is 0 Å². The summed E-state index contributed by atoms with van der Waals surface area (Å²) in [5.74, 6) is 1.79. The van der Waals surface area contributed by atoms with Gasteiger partial charge in [-0.05, 0) is 29.8 Å². The summed E-state index contributed by atoms with van der Waals surface area (Å²) in [5, 5.41) is 9.09. The summed E-state index contributed by atoms with van der Waals surface area (Å²) in [6.07, 6.45) is 1.63. The average molecular weight is 390 g/mol. The molecule has 0 spiro atoms. The highest BCUT2D eigenvalue weighted by molar-refractivity contribution is 5.63. The molecule has 6 heteroatoms. The molecule has 1 aromatic heterocycles. The number of aromatic nitrogens is 2. The predicted molar refractivity (Wildman–Crippen MR) is 114 cm³/mol. The first kappa shape index (κ1) is 19.4. The van der Waals surface area contributed by atoms with Gasteiger partial charge in [-0.2, -0.15) is 0 Å². The maximum absolute atomic E-state index is 9.09. The summed E-state index contributed by atoms with van der Waals surface area (Å²) in [6.45, 7) is 5.19. The topological polar surface area (TPSA) is 61.7 Å². The van der Waals surface area contributed by atoms with E-state index in [1.54, 1.807) is 6.33 Å². The van der Waals surface area contributed by atoms with E-state index in [9.17, 15) is 0 Å². The Morgan fingerprint density at radius 3 is 2.38 bits per heavy atom. The number of nitrogens with zero attached hydrogens (tertiary/aromatic N) is 4. The van der Waals surface area contributed by atoms with Gasteiger partial charge in [0.15, 0.2) is 0 Å². The van der Waals surface area contributed by atoms with Crippen molar-refractivity contribution in [3.63, 3.8) is 0 Å². The molecular formula is C23H26N4O2. The molecule has 1 fully saturated rings. The van der Waals surface area contributed by atoms with Gasteiger partial charge in [0.05, 0.1) is 12.3 Å². The minimum Gasteiger partial charge on any atom is -0.489 e. The van der Waals surface area contributed by atoms with E-state index < -0.39 is 0 Å². The lowest BCUT2D eigenvalue weighted by Crippen LogP contribution is -2.47. The molecule has 1 N–H and O–H groups in total. The van der Waals surface area contributed by atoms with Crippen molar-refractivity contribution in [3.05, 3.63) is 72.6 Å². The third-order valence-corrected chi connectivity index (χ3v) is 5.16. The lowest BCUT2D eigenvalue weighted by atomic mass is 10.1. The van der Waals surface area contributed by atoms with Gasteiger partial charge in [0.1, 0.15) is 24.5 Å². The molecule has 1 saturated heterocycles. The maximum atomic E-state index is 9.09. The Morgan fingerprint density at radius 2 is 1.66 bits per heavy atom. The highest BCUT2D eigenvalue weighted by atomic mass is 16.5. The van der Waals surface area contributed by atoms with E-state index in [0.717, 1.165) is 61.1 Å². The van der Waals surface area contributed by atoms with Crippen LogP contribution in [0.25, 0.3) is 11.3 Å². The SMILES string of the molecule is OCCN1CCN(c2cc(-c3ccc(OCc4ccccc4)cc3)ncn2)CC1. The Hall–Kier alpha value is -2.96. The molecule has 4 rings (SSSR count). The van der Waals surface area contributed by atoms with Crippen LogP contribution in [0.3, 0.4) is 0 Å². The summed E-state index contributed by atoms with van der Waals surface area (Å²) in [5.41, 5.74) is 3.10. The molecule has 6 nitrogen and oxygen atoms in total. The number of aliphatic hydroxyl groups excluding tert-OH is 1. The molecule has 150 valence electrons. The molecule has 2 heterocycles. The number of aliphatic hydroxyl groups is 1. The van der Waals surface area contributed by atoms with Crippen molar-refractivity contribution in [2.24, 2.45) is 0 Å². The van der Waals surface area contributed by atoms with Gasteiger partial charge in [0.2, 0.25) is 0 Å². The van der Waals surface area contributed by atoms with Crippen LogP contribution < -0.4 is 9.64 Å². The molecule has 0 radical (unpaired) electrons. The number of hydrogen-bond donors (Lipinski definition) is 1. The van der Waals surface area contributed by atoms with Crippen LogP contribution in [0.5, 0.6) is 5.75 Å². The first-order valence-electron chi connectivity index (χ1n) is 9.99. The number of β-amino-alcohol motifs (C(OH)–C–C–N with tert-alkyl or cyclic N) is 1. The van der Waals surface area contributed by atoms with Crippen LogP contribution >= 0.6 is 0 Å². The van der Waals surface area contributed by atoms with E-state index in [0.29, 0.717) is 6.61 Å². The Bertz CT molecular complexity index is 894. The third kappa shape index (κ3) is 5.10. The second-order valence-electron chi connectivity index (χ2n) is 7.11. The largest absolute Gasteiger partial charge is 0.489 e. The molecule has 0 atom stereocenters. The van der Waals surface area contributed by atoms with Gasteiger partial charge in [-0.25, -0.2) is 9.97 Å². The normalized spacial score (nSPS) is 14.7. The van der Waals surface area contributed by atoms with Crippen LogP contribution in [0.4, 0.5) is 5.82 Å². The number of anilines is 1. The van der Waals surface area contributed by atoms with E-state index in [2.05, 4.69) is 31.9 Å². The van der Waals surface area contributed by atoms with Crippen LogP contribution in [-0.4, -0.2) is 59.3 Å². The van der Waals surface area contributed by atoms with E-state index >= 15 is 0 Å². The van der Waals surface area contributed by atoms with Crippen molar-refractivity contribution in [2.45, 2.75) is 6.61 Å². The Morgan fingerprint density at radius 1 is 0.897 bits per heavy atom. The highest BCUT2D eigenvalue weighted by Gasteiger charge is 2.18. The monoisotopic (exact) mass is 390 g/mol. The minimum absolute atomic E-state index is 0.211. The van der Waals surface area contributed by atoms with Crippen molar-refractivity contribution < 1.29 is 9.84 Å². The van der Waals surface area contributed by atoms with Gasteiger partial charge in [0, 0.05) is 44.4 Å². The second kappa shape index (κ2) is 9.49. The fraction of sp³-hybridized carbons (Fsp3) is 0.304. The lowest BCUT2D eigenvalue weighted by Gasteiger charge is -2.35. The molecule has 2 aromatic carbocycles. The van der Waals surface area contributed by atoms with Crippen molar-refractivity contribution in [3.8, 4) is 17.0 Å². The minimum atomic E-state index is 0.211. The number of ether oxygens (including phenoxy) is 1. The molecule has 3 aromatic rings. The second-order valence-corrected chi connectivity index (χ2v) is 7.11. The zero-order chi connectivity index (χ0) is 19.9. The van der Waals surface area contributed by atoms with E-state index in [4.69, 9.17) is 9.84 Å².